The van der Waals surface area contributed by atoms with Crippen LogP contribution in [0.15, 0.2) is 24.3 Å². The minimum atomic E-state index is 0.0331. The number of aromatic hydroxyl groups is 1. The largest absolute Gasteiger partial charge is 0.508 e. The third-order valence-electron chi connectivity index (χ3n) is 6.19. The van der Waals surface area contributed by atoms with Gasteiger partial charge in [0.1, 0.15) is 5.75 Å². The smallest absolute Gasteiger partial charge is 0.119 e. The molecule has 1 aliphatic carbocycles. The molecule has 1 fully saturated rings. The van der Waals surface area contributed by atoms with E-state index in [4.69, 9.17) is 0 Å². The second-order valence-corrected chi connectivity index (χ2v) is 10.7. The molecule has 1 heteroatoms. The highest BCUT2D eigenvalue weighted by Crippen LogP contribution is 2.41. The van der Waals surface area contributed by atoms with Crippen LogP contribution in [-0.2, 0) is 5.41 Å². The number of rotatable bonds is 7. The van der Waals surface area contributed by atoms with E-state index in [-0.39, 0.29) is 5.41 Å². The third-order valence-corrected chi connectivity index (χ3v) is 6.19. The lowest BCUT2D eigenvalue weighted by Crippen LogP contribution is -2.25. The van der Waals surface area contributed by atoms with Crippen LogP contribution < -0.4 is 0 Å². The molecule has 0 amide bonds. The van der Waals surface area contributed by atoms with Crippen molar-refractivity contribution in [1.29, 1.82) is 0 Å². The number of phenolic OH excluding ortho intramolecular Hbond substituents is 1. The fourth-order valence-electron chi connectivity index (χ4n) is 3.96. The van der Waals surface area contributed by atoms with Gasteiger partial charge in [-0.25, -0.2) is 0 Å². The number of hydrogen-bond acceptors (Lipinski definition) is 1. The lowest BCUT2D eigenvalue weighted by Gasteiger charge is -2.37. The number of benzene rings is 1. The van der Waals surface area contributed by atoms with E-state index in [1.54, 1.807) is 6.07 Å². The fraction of sp³-hybridized carbons (Fsp3) is 0.769. The van der Waals surface area contributed by atoms with Gasteiger partial charge in [0.2, 0.25) is 0 Å². The maximum atomic E-state index is 9.45. The molecule has 0 heterocycles. The Kier molecular flexibility index (Phi) is 9.91. The Morgan fingerprint density at radius 2 is 1.59 bits per heavy atom. The predicted octanol–water partition coefficient (Wildman–Crippen LogP) is 8.50. The molecule has 156 valence electrons. The van der Waals surface area contributed by atoms with Crippen LogP contribution in [0.4, 0.5) is 0 Å². The molecule has 0 aromatic heterocycles. The summed E-state index contributed by atoms with van der Waals surface area (Å²) < 4.78 is 0. The van der Waals surface area contributed by atoms with Crippen molar-refractivity contribution < 1.29 is 5.11 Å². The highest BCUT2D eigenvalue weighted by Gasteiger charge is 2.29. The van der Waals surface area contributed by atoms with Gasteiger partial charge in [0.05, 0.1) is 0 Å². The van der Waals surface area contributed by atoms with Crippen molar-refractivity contribution in [1.82, 2.24) is 0 Å². The molecule has 1 unspecified atom stereocenters. The van der Waals surface area contributed by atoms with E-state index in [1.165, 1.54) is 57.8 Å². The summed E-state index contributed by atoms with van der Waals surface area (Å²) in [6.45, 7) is 15.9. The normalized spacial score (nSPS) is 16.3. The van der Waals surface area contributed by atoms with E-state index in [0.717, 1.165) is 17.4 Å². The zero-order valence-electron chi connectivity index (χ0n) is 19.3. The van der Waals surface area contributed by atoms with E-state index in [9.17, 15) is 5.11 Å². The fourth-order valence-corrected chi connectivity index (χ4v) is 3.96. The van der Waals surface area contributed by atoms with Gasteiger partial charge in [0, 0.05) is 0 Å². The highest BCUT2D eigenvalue weighted by atomic mass is 16.3. The van der Waals surface area contributed by atoms with Crippen LogP contribution in [0.2, 0.25) is 0 Å². The summed E-state index contributed by atoms with van der Waals surface area (Å²) in [5.74, 6) is 2.44. The van der Waals surface area contributed by atoms with E-state index >= 15 is 0 Å². The molecule has 1 N–H and O–H groups in total. The minimum absolute atomic E-state index is 0.0331. The molecule has 1 nitrogen and oxygen atoms in total. The van der Waals surface area contributed by atoms with Crippen molar-refractivity contribution in [3.63, 3.8) is 0 Å². The first kappa shape index (κ1) is 24.1. The van der Waals surface area contributed by atoms with E-state index in [0.29, 0.717) is 11.2 Å². The van der Waals surface area contributed by atoms with Crippen molar-refractivity contribution in [2.75, 3.05) is 0 Å². The summed E-state index contributed by atoms with van der Waals surface area (Å²) in [5.41, 5.74) is 1.56. The Morgan fingerprint density at radius 3 is 2.00 bits per heavy atom. The van der Waals surface area contributed by atoms with Crippen LogP contribution in [0.5, 0.6) is 5.75 Å². The molecule has 0 saturated heterocycles. The maximum Gasteiger partial charge on any atom is 0.119 e. The van der Waals surface area contributed by atoms with E-state index < -0.39 is 0 Å². The van der Waals surface area contributed by atoms with Crippen LogP contribution in [0.1, 0.15) is 112 Å². The average molecular weight is 375 g/mol. The summed E-state index contributed by atoms with van der Waals surface area (Å²) in [5, 5.41) is 9.45. The predicted molar refractivity (Wildman–Crippen MR) is 120 cm³/mol. The SMILES string of the molecule is CC(C)(C)c1ccccc1O.CCCCCCC(CC1CCC1)C(C)(C)C. The molecule has 1 aromatic carbocycles. The van der Waals surface area contributed by atoms with Gasteiger partial charge in [0.25, 0.3) is 0 Å². The molecule has 0 spiro atoms. The Morgan fingerprint density at radius 1 is 0.963 bits per heavy atom. The minimum Gasteiger partial charge on any atom is -0.508 e. The first-order valence-corrected chi connectivity index (χ1v) is 11.3. The monoisotopic (exact) mass is 374 g/mol. The Labute approximate surface area is 170 Å². The lowest BCUT2D eigenvalue weighted by molar-refractivity contribution is 0.145. The molecular weight excluding hydrogens is 328 g/mol. The van der Waals surface area contributed by atoms with Crippen molar-refractivity contribution in [2.45, 2.75) is 112 Å². The molecule has 2 rings (SSSR count). The molecule has 0 bridgehead atoms. The first-order valence-electron chi connectivity index (χ1n) is 11.3. The van der Waals surface area contributed by atoms with Crippen LogP contribution in [0, 0.1) is 17.3 Å². The topological polar surface area (TPSA) is 20.2 Å². The number of para-hydroxylation sites is 1. The summed E-state index contributed by atoms with van der Waals surface area (Å²) in [6, 6.07) is 7.46. The molecule has 1 saturated carbocycles. The second kappa shape index (κ2) is 11.1. The Bertz CT molecular complexity index is 514. The molecular formula is C26H46O. The molecule has 1 aliphatic rings. The van der Waals surface area contributed by atoms with Crippen molar-refractivity contribution in [2.24, 2.45) is 17.3 Å². The molecule has 27 heavy (non-hydrogen) atoms. The zero-order chi connectivity index (χ0) is 20.5. The molecule has 1 atom stereocenters. The standard InChI is InChI=1S/C16H32.C10H14O/c1-5-6-7-8-12-15(16(2,3)4)13-14-10-9-11-14;1-10(2,3)8-6-4-5-7-9(8)11/h14-15H,5-13H2,1-4H3;4-7,11H,1-3H3. The van der Waals surface area contributed by atoms with Crippen LogP contribution in [0.25, 0.3) is 0 Å². The third kappa shape index (κ3) is 9.17. The van der Waals surface area contributed by atoms with Gasteiger partial charge in [-0.3, -0.25) is 0 Å². The van der Waals surface area contributed by atoms with Gasteiger partial charge in [0.15, 0.2) is 0 Å². The van der Waals surface area contributed by atoms with Gasteiger partial charge in [-0.05, 0) is 47.1 Å². The summed E-state index contributed by atoms with van der Waals surface area (Å²) in [4.78, 5) is 0. The highest BCUT2D eigenvalue weighted by molar-refractivity contribution is 5.36. The van der Waals surface area contributed by atoms with Crippen LogP contribution in [-0.4, -0.2) is 5.11 Å². The van der Waals surface area contributed by atoms with Gasteiger partial charge >= 0.3 is 0 Å². The van der Waals surface area contributed by atoms with Crippen molar-refractivity contribution in [3.8, 4) is 5.75 Å². The van der Waals surface area contributed by atoms with E-state index in [1.807, 2.05) is 18.2 Å². The van der Waals surface area contributed by atoms with Crippen molar-refractivity contribution in [3.05, 3.63) is 29.8 Å². The zero-order valence-corrected chi connectivity index (χ0v) is 19.3. The van der Waals surface area contributed by atoms with E-state index in [2.05, 4.69) is 48.5 Å². The second-order valence-electron chi connectivity index (χ2n) is 10.7. The summed E-state index contributed by atoms with van der Waals surface area (Å²) in [7, 11) is 0. The van der Waals surface area contributed by atoms with Crippen LogP contribution >= 0.6 is 0 Å². The quantitative estimate of drug-likeness (QED) is 0.474. The first-order chi connectivity index (χ1) is 12.6. The number of phenols is 1. The number of hydrogen-bond donors (Lipinski definition) is 1. The number of unbranched alkanes of at least 4 members (excludes halogenated alkanes) is 3. The van der Waals surface area contributed by atoms with Crippen LogP contribution in [0.3, 0.4) is 0 Å². The van der Waals surface area contributed by atoms with Gasteiger partial charge in [-0.15, -0.1) is 0 Å². The summed E-state index contributed by atoms with van der Waals surface area (Å²) in [6.07, 6.45) is 13.2. The summed E-state index contributed by atoms with van der Waals surface area (Å²) >= 11 is 0. The van der Waals surface area contributed by atoms with Crippen molar-refractivity contribution >= 4 is 0 Å². The van der Waals surface area contributed by atoms with Gasteiger partial charge in [-0.2, -0.15) is 0 Å². The average Bonchev–Trinajstić information content (AvgIpc) is 2.51. The van der Waals surface area contributed by atoms with Gasteiger partial charge in [-0.1, -0.05) is 112 Å². The molecule has 0 aliphatic heterocycles. The lowest BCUT2D eigenvalue weighted by atomic mass is 9.69. The molecule has 0 radical (unpaired) electrons. The Hall–Kier alpha value is -0.980. The Balaban J connectivity index is 0.000000289. The molecule has 1 aromatic rings. The maximum absolute atomic E-state index is 9.45. The van der Waals surface area contributed by atoms with Gasteiger partial charge < -0.3 is 5.11 Å².